The van der Waals surface area contributed by atoms with Gasteiger partial charge in [-0.15, -0.1) is 0 Å². The summed E-state index contributed by atoms with van der Waals surface area (Å²) in [6.45, 7) is -0.00907. The van der Waals surface area contributed by atoms with Gasteiger partial charge in [-0.25, -0.2) is 0 Å². The molecule has 2 aromatic rings. The molecule has 0 fully saturated rings. The molecule has 0 aliphatic heterocycles. The monoisotopic (exact) mass is 218 g/mol. The van der Waals surface area contributed by atoms with Crippen molar-refractivity contribution in [3.05, 3.63) is 47.1 Å². The lowest BCUT2D eigenvalue weighted by Crippen LogP contribution is -2.26. The Morgan fingerprint density at radius 1 is 1.50 bits per heavy atom. The number of nitrogens with one attached hydrogen (secondary N) is 2. The molecule has 0 unspecified atom stereocenters. The first-order chi connectivity index (χ1) is 7.75. The highest BCUT2D eigenvalue weighted by Crippen LogP contribution is 2.00. The van der Waals surface area contributed by atoms with Crippen LogP contribution in [0.2, 0.25) is 0 Å². The average Bonchev–Trinajstić information content (AvgIpc) is 2.74. The molecular formula is C10H10N4O2. The van der Waals surface area contributed by atoms with Crippen molar-refractivity contribution in [1.29, 1.82) is 0 Å². The summed E-state index contributed by atoms with van der Waals surface area (Å²) in [6, 6.07) is 4.74. The topological polar surface area (TPSA) is 79.8 Å². The zero-order valence-corrected chi connectivity index (χ0v) is 8.38. The lowest BCUT2D eigenvalue weighted by molar-refractivity contribution is -0.116. The van der Waals surface area contributed by atoms with E-state index in [1.54, 1.807) is 24.5 Å². The normalized spacial score (nSPS) is 10.0. The summed E-state index contributed by atoms with van der Waals surface area (Å²) in [5.74, 6) is -0.269. The Morgan fingerprint density at radius 3 is 3.06 bits per heavy atom. The van der Waals surface area contributed by atoms with Gasteiger partial charge in [0.25, 0.3) is 5.56 Å². The van der Waals surface area contributed by atoms with E-state index in [1.807, 2.05) is 0 Å². The van der Waals surface area contributed by atoms with Crippen molar-refractivity contribution in [2.45, 2.75) is 6.54 Å². The number of carbonyl (C=O) groups excluding carboxylic acids is 1. The summed E-state index contributed by atoms with van der Waals surface area (Å²) in [5, 5.41) is 8.87. The zero-order chi connectivity index (χ0) is 11.4. The molecule has 16 heavy (non-hydrogen) atoms. The number of aromatic amines is 1. The molecule has 6 heteroatoms. The molecule has 0 radical (unpaired) electrons. The van der Waals surface area contributed by atoms with Crippen LogP contribution in [-0.4, -0.2) is 20.7 Å². The van der Waals surface area contributed by atoms with E-state index in [2.05, 4.69) is 15.5 Å². The number of pyridine rings is 1. The molecular weight excluding hydrogens is 208 g/mol. The third-order valence-corrected chi connectivity index (χ3v) is 1.99. The van der Waals surface area contributed by atoms with Gasteiger partial charge in [-0.05, 0) is 6.07 Å². The number of carbonyl (C=O) groups is 1. The van der Waals surface area contributed by atoms with Gasteiger partial charge in [0.05, 0.1) is 11.9 Å². The number of nitrogens with zero attached hydrogens (tertiary/aromatic N) is 2. The van der Waals surface area contributed by atoms with E-state index in [9.17, 15) is 9.59 Å². The molecule has 0 aromatic carbocycles. The fraction of sp³-hybridized carbons (Fsp3) is 0.100. The highest BCUT2D eigenvalue weighted by Gasteiger charge is 2.04. The molecule has 2 heterocycles. The molecule has 0 spiro atoms. The minimum absolute atomic E-state index is 0.00907. The Kier molecular flexibility index (Phi) is 2.81. The Labute approximate surface area is 90.9 Å². The van der Waals surface area contributed by atoms with Crippen LogP contribution >= 0.6 is 0 Å². The maximum Gasteiger partial charge on any atom is 0.250 e. The molecule has 82 valence electrons. The smallest absolute Gasteiger partial charge is 0.250 e. The summed E-state index contributed by atoms with van der Waals surface area (Å²) >= 11 is 0. The maximum absolute atomic E-state index is 11.5. The van der Waals surface area contributed by atoms with Crippen LogP contribution in [0.4, 0.5) is 5.69 Å². The van der Waals surface area contributed by atoms with Gasteiger partial charge < -0.3 is 9.88 Å². The molecule has 2 rings (SSSR count). The van der Waals surface area contributed by atoms with Crippen molar-refractivity contribution >= 4 is 11.6 Å². The highest BCUT2D eigenvalue weighted by atomic mass is 16.2. The van der Waals surface area contributed by atoms with E-state index < -0.39 is 0 Å². The van der Waals surface area contributed by atoms with Gasteiger partial charge >= 0.3 is 0 Å². The van der Waals surface area contributed by atoms with Gasteiger partial charge in [0.2, 0.25) is 5.91 Å². The molecule has 2 N–H and O–H groups in total. The van der Waals surface area contributed by atoms with E-state index in [1.165, 1.54) is 16.8 Å². The number of hydrogen-bond donors (Lipinski definition) is 2. The summed E-state index contributed by atoms with van der Waals surface area (Å²) in [4.78, 5) is 22.8. The van der Waals surface area contributed by atoms with Crippen molar-refractivity contribution in [1.82, 2.24) is 14.8 Å². The van der Waals surface area contributed by atoms with Crippen LogP contribution in [0.25, 0.3) is 0 Å². The fourth-order valence-corrected chi connectivity index (χ4v) is 1.27. The quantitative estimate of drug-likeness (QED) is 0.772. The molecule has 0 aliphatic rings. The van der Waals surface area contributed by atoms with Gasteiger partial charge in [0, 0.05) is 18.5 Å². The summed E-state index contributed by atoms with van der Waals surface area (Å²) in [5.41, 5.74) is 0.374. The van der Waals surface area contributed by atoms with Crippen molar-refractivity contribution in [2.24, 2.45) is 0 Å². The van der Waals surface area contributed by atoms with Crippen LogP contribution in [0.3, 0.4) is 0 Å². The summed E-state index contributed by atoms with van der Waals surface area (Å²) < 4.78 is 1.33. The Hall–Kier alpha value is -2.37. The van der Waals surface area contributed by atoms with Crippen molar-refractivity contribution in [2.75, 3.05) is 5.32 Å². The highest BCUT2D eigenvalue weighted by molar-refractivity contribution is 5.90. The molecule has 0 saturated carbocycles. The van der Waals surface area contributed by atoms with Crippen LogP contribution in [-0.2, 0) is 11.3 Å². The fourth-order valence-electron chi connectivity index (χ4n) is 1.27. The van der Waals surface area contributed by atoms with E-state index in [0.29, 0.717) is 5.69 Å². The molecule has 1 amide bonds. The van der Waals surface area contributed by atoms with Crippen LogP contribution in [0.1, 0.15) is 0 Å². The lowest BCUT2D eigenvalue weighted by Gasteiger charge is -2.04. The van der Waals surface area contributed by atoms with E-state index in [-0.39, 0.29) is 18.0 Å². The van der Waals surface area contributed by atoms with Gasteiger partial charge in [-0.2, -0.15) is 5.10 Å². The number of rotatable bonds is 3. The minimum atomic E-state index is -0.269. The first-order valence-corrected chi connectivity index (χ1v) is 4.70. The van der Waals surface area contributed by atoms with Gasteiger partial charge in [-0.3, -0.25) is 14.7 Å². The third kappa shape index (κ3) is 2.35. The third-order valence-electron chi connectivity index (χ3n) is 1.99. The van der Waals surface area contributed by atoms with Crippen LogP contribution in [0, 0.1) is 0 Å². The maximum atomic E-state index is 11.5. The number of amides is 1. The van der Waals surface area contributed by atoms with Crippen molar-refractivity contribution in [3.8, 4) is 0 Å². The standard InChI is InChI=1S/C10H10N4O2/c15-9(13-8-5-11-12-6-8)7-14-4-2-1-3-10(14)16/h1-6H,7H2,(H,11,12)(H,13,15). The van der Waals surface area contributed by atoms with Gasteiger partial charge in [0.1, 0.15) is 6.54 Å². The molecule has 2 aromatic heterocycles. The number of H-pyrrole nitrogens is 1. The predicted octanol–water partition coefficient (Wildman–Crippen LogP) is 0.210. The second kappa shape index (κ2) is 4.43. The molecule has 0 bridgehead atoms. The number of anilines is 1. The summed E-state index contributed by atoms with van der Waals surface area (Å²) in [6.07, 6.45) is 4.62. The Bertz CT molecular complexity index is 530. The van der Waals surface area contributed by atoms with Crippen molar-refractivity contribution in [3.63, 3.8) is 0 Å². The second-order valence-electron chi connectivity index (χ2n) is 3.20. The lowest BCUT2D eigenvalue weighted by atomic mass is 10.4. The molecule has 6 nitrogen and oxygen atoms in total. The van der Waals surface area contributed by atoms with Gasteiger partial charge in [-0.1, -0.05) is 6.07 Å². The van der Waals surface area contributed by atoms with Crippen LogP contribution in [0.5, 0.6) is 0 Å². The molecule has 0 saturated heterocycles. The SMILES string of the molecule is O=C(Cn1ccccc1=O)Nc1cn[nH]c1. The van der Waals surface area contributed by atoms with E-state index in [0.717, 1.165) is 0 Å². The van der Waals surface area contributed by atoms with E-state index >= 15 is 0 Å². The predicted molar refractivity (Wildman–Crippen MR) is 57.9 cm³/mol. The number of aromatic nitrogens is 3. The summed E-state index contributed by atoms with van der Waals surface area (Å²) in [7, 11) is 0. The van der Waals surface area contributed by atoms with Crippen LogP contribution in [0.15, 0.2) is 41.6 Å². The van der Waals surface area contributed by atoms with Gasteiger partial charge in [0.15, 0.2) is 0 Å². The largest absolute Gasteiger partial charge is 0.322 e. The first kappa shape index (κ1) is 10.2. The minimum Gasteiger partial charge on any atom is -0.322 e. The van der Waals surface area contributed by atoms with Crippen LogP contribution < -0.4 is 10.9 Å². The average molecular weight is 218 g/mol. The first-order valence-electron chi connectivity index (χ1n) is 4.70. The zero-order valence-electron chi connectivity index (χ0n) is 8.38. The van der Waals surface area contributed by atoms with E-state index in [4.69, 9.17) is 0 Å². The Morgan fingerprint density at radius 2 is 2.38 bits per heavy atom. The molecule has 0 atom stereocenters. The van der Waals surface area contributed by atoms with Crippen molar-refractivity contribution < 1.29 is 4.79 Å². The Balaban J connectivity index is 2.03. The number of hydrogen-bond acceptors (Lipinski definition) is 3. The molecule has 0 aliphatic carbocycles. The second-order valence-corrected chi connectivity index (χ2v) is 3.20.